The Morgan fingerprint density at radius 1 is 0.245 bits per heavy atom. The average Bonchev–Trinajstić information content (AvgIpc) is 3.24. The third-order valence-corrected chi connectivity index (χ3v) is 10.6. The number of rotatable bonds is 6. The molecular weight excluding hydrogens is 639 g/mol. The Morgan fingerprint density at radius 3 is 1.47 bits per heavy atom. The van der Waals surface area contributed by atoms with Gasteiger partial charge in [0.2, 0.25) is 0 Å². The lowest BCUT2D eigenvalue weighted by atomic mass is 9.92. The molecule has 0 fully saturated rings. The summed E-state index contributed by atoms with van der Waals surface area (Å²) in [6, 6.07) is 77.2. The highest BCUT2D eigenvalue weighted by molar-refractivity contribution is 6.22. The highest BCUT2D eigenvalue weighted by Gasteiger charge is 2.17. The minimum absolute atomic E-state index is 1.10. The van der Waals surface area contributed by atoms with Crippen molar-refractivity contribution in [2.45, 2.75) is 0 Å². The van der Waals surface area contributed by atoms with Crippen molar-refractivity contribution in [3.05, 3.63) is 212 Å². The number of anilines is 3. The quantitative estimate of drug-likeness (QED) is 0.159. The molecule has 0 N–H and O–H groups in total. The van der Waals surface area contributed by atoms with Crippen molar-refractivity contribution in [2.24, 2.45) is 0 Å². The smallest absolute Gasteiger partial charge is 0.0467 e. The summed E-state index contributed by atoms with van der Waals surface area (Å²) in [6.07, 6.45) is 0. The summed E-state index contributed by atoms with van der Waals surface area (Å²) in [6.45, 7) is 0. The molecule has 0 spiro atoms. The van der Waals surface area contributed by atoms with Crippen LogP contribution >= 0.6 is 0 Å². The Bertz CT molecular complexity index is 2940. The molecule has 0 saturated carbocycles. The molecule has 248 valence electrons. The zero-order valence-corrected chi connectivity index (χ0v) is 29.2. The van der Waals surface area contributed by atoms with Gasteiger partial charge < -0.3 is 4.90 Å². The molecule has 0 atom stereocenters. The van der Waals surface area contributed by atoms with Crippen LogP contribution in [0.2, 0.25) is 0 Å². The predicted octanol–water partition coefficient (Wildman–Crippen LogP) is 14.8. The fraction of sp³-hybridized carbons (Fsp3) is 0. The first kappa shape index (κ1) is 30.8. The third kappa shape index (κ3) is 5.51. The number of hydrogen-bond acceptors (Lipinski definition) is 1. The molecule has 10 aromatic rings. The van der Waals surface area contributed by atoms with Gasteiger partial charge in [-0.15, -0.1) is 0 Å². The summed E-state index contributed by atoms with van der Waals surface area (Å²) in [5.41, 5.74) is 10.6. The van der Waals surface area contributed by atoms with Gasteiger partial charge in [0.1, 0.15) is 0 Å². The number of hydrogen-bond donors (Lipinski definition) is 0. The summed E-state index contributed by atoms with van der Waals surface area (Å²) in [5, 5.41) is 10.2. The molecule has 53 heavy (non-hydrogen) atoms. The monoisotopic (exact) mass is 673 g/mol. The Hall–Kier alpha value is -6.96. The van der Waals surface area contributed by atoms with Crippen LogP contribution in [0.25, 0.3) is 76.5 Å². The molecule has 0 aliphatic carbocycles. The van der Waals surface area contributed by atoms with Crippen molar-refractivity contribution in [3.8, 4) is 33.4 Å². The zero-order chi connectivity index (χ0) is 35.1. The van der Waals surface area contributed by atoms with Crippen molar-refractivity contribution in [3.63, 3.8) is 0 Å². The molecule has 1 heteroatoms. The lowest BCUT2D eigenvalue weighted by molar-refractivity contribution is 1.28. The summed E-state index contributed by atoms with van der Waals surface area (Å²) in [4.78, 5) is 2.39. The van der Waals surface area contributed by atoms with Gasteiger partial charge in [-0.2, -0.15) is 0 Å². The Balaban J connectivity index is 1.14. The van der Waals surface area contributed by atoms with E-state index < -0.39 is 0 Å². The second-order valence-corrected chi connectivity index (χ2v) is 13.7. The molecule has 0 bridgehead atoms. The van der Waals surface area contributed by atoms with Crippen LogP contribution in [0.3, 0.4) is 0 Å². The first-order valence-electron chi connectivity index (χ1n) is 18.3. The highest BCUT2D eigenvalue weighted by Crippen LogP contribution is 2.42. The normalized spacial score (nSPS) is 11.4. The highest BCUT2D eigenvalue weighted by atomic mass is 15.1. The fourth-order valence-corrected chi connectivity index (χ4v) is 8.10. The summed E-state index contributed by atoms with van der Waals surface area (Å²) >= 11 is 0. The van der Waals surface area contributed by atoms with E-state index in [9.17, 15) is 0 Å². The Morgan fingerprint density at radius 2 is 0.736 bits per heavy atom. The number of benzene rings is 10. The molecular formula is C52H35N. The minimum Gasteiger partial charge on any atom is -0.310 e. The van der Waals surface area contributed by atoms with Gasteiger partial charge in [-0.1, -0.05) is 176 Å². The van der Waals surface area contributed by atoms with Crippen LogP contribution in [0.1, 0.15) is 0 Å². The second-order valence-electron chi connectivity index (χ2n) is 13.7. The van der Waals surface area contributed by atoms with Crippen molar-refractivity contribution in [1.82, 2.24) is 0 Å². The molecule has 0 aliphatic rings. The van der Waals surface area contributed by atoms with E-state index in [2.05, 4.69) is 217 Å². The van der Waals surface area contributed by atoms with Gasteiger partial charge in [0.05, 0.1) is 0 Å². The van der Waals surface area contributed by atoms with E-state index in [1.54, 1.807) is 0 Å². The third-order valence-electron chi connectivity index (χ3n) is 10.6. The van der Waals surface area contributed by atoms with Crippen molar-refractivity contribution in [2.75, 3.05) is 4.90 Å². The van der Waals surface area contributed by atoms with Gasteiger partial charge >= 0.3 is 0 Å². The molecule has 10 aromatic carbocycles. The van der Waals surface area contributed by atoms with E-state index in [0.717, 1.165) is 17.1 Å². The van der Waals surface area contributed by atoms with Crippen LogP contribution in [-0.2, 0) is 0 Å². The van der Waals surface area contributed by atoms with E-state index in [0.29, 0.717) is 0 Å². The lowest BCUT2D eigenvalue weighted by Gasteiger charge is -2.27. The molecule has 1 nitrogen and oxygen atoms in total. The van der Waals surface area contributed by atoms with Crippen LogP contribution in [0.15, 0.2) is 212 Å². The topological polar surface area (TPSA) is 3.24 Å². The maximum absolute atomic E-state index is 2.39. The zero-order valence-electron chi connectivity index (χ0n) is 29.2. The molecule has 0 aliphatic heterocycles. The van der Waals surface area contributed by atoms with Crippen LogP contribution in [0.5, 0.6) is 0 Å². The van der Waals surface area contributed by atoms with E-state index in [1.165, 1.54) is 76.5 Å². The molecule has 0 radical (unpaired) electrons. The Kier molecular flexibility index (Phi) is 7.55. The van der Waals surface area contributed by atoms with Crippen molar-refractivity contribution < 1.29 is 0 Å². The van der Waals surface area contributed by atoms with Gasteiger partial charge in [-0.05, 0) is 113 Å². The summed E-state index contributed by atoms with van der Waals surface area (Å²) < 4.78 is 0. The van der Waals surface area contributed by atoms with Gasteiger partial charge in [0.25, 0.3) is 0 Å². The molecule has 0 heterocycles. The maximum atomic E-state index is 2.39. The molecule has 0 saturated heterocycles. The first-order valence-corrected chi connectivity index (χ1v) is 18.3. The van der Waals surface area contributed by atoms with Crippen LogP contribution in [0, 0.1) is 0 Å². The predicted molar refractivity (Wildman–Crippen MR) is 227 cm³/mol. The summed E-state index contributed by atoms with van der Waals surface area (Å²) in [7, 11) is 0. The van der Waals surface area contributed by atoms with Crippen molar-refractivity contribution >= 4 is 60.2 Å². The average molecular weight is 674 g/mol. The SMILES string of the molecule is c1ccc(-c2ccc(N(c3cccc(-c4cccc5ccccc45)c3)c3cccc(-c4cccc5c4ccc4ccc6ccccc6c45)c3)cc2)cc1. The van der Waals surface area contributed by atoms with E-state index >= 15 is 0 Å². The van der Waals surface area contributed by atoms with Crippen LogP contribution < -0.4 is 4.90 Å². The van der Waals surface area contributed by atoms with E-state index in [-0.39, 0.29) is 0 Å². The number of fused-ring (bicyclic) bond motifs is 6. The van der Waals surface area contributed by atoms with E-state index in [1.807, 2.05) is 0 Å². The first-order chi connectivity index (χ1) is 26.3. The van der Waals surface area contributed by atoms with E-state index in [4.69, 9.17) is 0 Å². The van der Waals surface area contributed by atoms with Gasteiger partial charge in [-0.3, -0.25) is 0 Å². The molecule has 0 unspecified atom stereocenters. The van der Waals surface area contributed by atoms with Gasteiger partial charge in [0, 0.05) is 17.1 Å². The van der Waals surface area contributed by atoms with Crippen LogP contribution in [0.4, 0.5) is 17.1 Å². The Labute approximate surface area is 309 Å². The van der Waals surface area contributed by atoms with Crippen molar-refractivity contribution in [1.29, 1.82) is 0 Å². The molecule has 10 rings (SSSR count). The second kappa shape index (κ2) is 13.0. The summed E-state index contributed by atoms with van der Waals surface area (Å²) in [5.74, 6) is 0. The standard InChI is InChI=1S/C52H35N/c1-2-12-36(13-3-1)37-28-31-43(32-29-37)53(44-19-8-17-41(34-44)47-23-10-16-38-14-4-6-21-46(38)47)45-20-9-18-42(35-45)48-24-11-25-51-50(48)33-30-40-27-26-39-15-5-7-22-49(39)52(40)51/h1-35H. The minimum atomic E-state index is 1.10. The molecule has 0 amide bonds. The largest absolute Gasteiger partial charge is 0.310 e. The van der Waals surface area contributed by atoms with Crippen LogP contribution in [-0.4, -0.2) is 0 Å². The molecule has 0 aromatic heterocycles. The fourth-order valence-electron chi connectivity index (χ4n) is 8.10. The van der Waals surface area contributed by atoms with Gasteiger partial charge in [-0.25, -0.2) is 0 Å². The maximum Gasteiger partial charge on any atom is 0.0467 e. The van der Waals surface area contributed by atoms with Gasteiger partial charge in [0.15, 0.2) is 0 Å². The lowest BCUT2D eigenvalue weighted by Crippen LogP contribution is -2.10. The number of nitrogens with zero attached hydrogens (tertiary/aromatic N) is 1.